The summed E-state index contributed by atoms with van der Waals surface area (Å²) in [6, 6.07) is 6.77. The highest BCUT2D eigenvalue weighted by atomic mass is 16.5. The van der Waals surface area contributed by atoms with Gasteiger partial charge in [-0.05, 0) is 62.8 Å². The lowest BCUT2D eigenvalue weighted by molar-refractivity contribution is 0.00809. The largest absolute Gasteiger partial charge is 0.490 e. The second-order valence-electron chi connectivity index (χ2n) is 6.36. The molecule has 1 aromatic rings. The smallest absolute Gasteiger partial charge is 0.122 e. The zero-order valence-corrected chi connectivity index (χ0v) is 13.6. The molecule has 2 rings (SSSR count). The van der Waals surface area contributed by atoms with Gasteiger partial charge < -0.3 is 15.2 Å². The van der Waals surface area contributed by atoms with Gasteiger partial charge in [-0.15, -0.1) is 0 Å². The molecule has 21 heavy (non-hydrogen) atoms. The SMILES string of the molecule is CCCNC1CCCc2c(OCC(C)(O)CC)cccc21. The highest BCUT2D eigenvalue weighted by Crippen LogP contribution is 2.35. The van der Waals surface area contributed by atoms with Crippen LogP contribution in [0.1, 0.15) is 63.6 Å². The first-order valence-corrected chi connectivity index (χ1v) is 8.27. The molecule has 2 N–H and O–H groups in total. The molecule has 0 amide bonds. The van der Waals surface area contributed by atoms with Crippen molar-refractivity contribution >= 4 is 0 Å². The minimum Gasteiger partial charge on any atom is -0.490 e. The lowest BCUT2D eigenvalue weighted by atomic mass is 9.87. The third-order valence-corrected chi connectivity index (χ3v) is 4.41. The number of hydrogen-bond acceptors (Lipinski definition) is 3. The molecule has 118 valence electrons. The standard InChI is InChI=1S/C18H29NO2/c1-4-12-19-16-10-6-9-15-14(16)8-7-11-17(15)21-13-18(3,20)5-2/h7-8,11,16,19-20H,4-6,9-10,12-13H2,1-3H3. The predicted octanol–water partition coefficient (Wildman–Crippen LogP) is 3.60. The van der Waals surface area contributed by atoms with Crippen LogP contribution < -0.4 is 10.1 Å². The van der Waals surface area contributed by atoms with Gasteiger partial charge in [-0.1, -0.05) is 26.0 Å². The minimum absolute atomic E-state index is 0.354. The maximum absolute atomic E-state index is 10.1. The van der Waals surface area contributed by atoms with Crippen LogP contribution >= 0.6 is 0 Å². The van der Waals surface area contributed by atoms with Gasteiger partial charge in [0.1, 0.15) is 12.4 Å². The van der Waals surface area contributed by atoms with Crippen LogP contribution in [0.2, 0.25) is 0 Å². The van der Waals surface area contributed by atoms with Crippen molar-refractivity contribution in [2.24, 2.45) is 0 Å². The molecule has 1 aliphatic carbocycles. The minimum atomic E-state index is -0.753. The Morgan fingerprint density at radius 1 is 1.38 bits per heavy atom. The summed E-state index contributed by atoms with van der Waals surface area (Å²) in [7, 11) is 0. The molecule has 0 heterocycles. The zero-order chi connectivity index (χ0) is 15.3. The Bertz CT molecular complexity index is 457. The molecule has 0 saturated carbocycles. The van der Waals surface area contributed by atoms with E-state index in [1.807, 2.05) is 19.9 Å². The van der Waals surface area contributed by atoms with E-state index in [1.165, 1.54) is 24.0 Å². The molecule has 3 nitrogen and oxygen atoms in total. The third-order valence-electron chi connectivity index (χ3n) is 4.41. The maximum Gasteiger partial charge on any atom is 0.122 e. The van der Waals surface area contributed by atoms with Crippen molar-refractivity contribution < 1.29 is 9.84 Å². The topological polar surface area (TPSA) is 41.5 Å². The number of fused-ring (bicyclic) bond motifs is 1. The molecule has 0 spiro atoms. The molecule has 2 atom stereocenters. The number of ether oxygens (including phenoxy) is 1. The second-order valence-corrected chi connectivity index (χ2v) is 6.36. The van der Waals surface area contributed by atoms with Crippen molar-refractivity contribution in [3.63, 3.8) is 0 Å². The number of hydrogen-bond donors (Lipinski definition) is 2. The first-order chi connectivity index (χ1) is 10.1. The average molecular weight is 291 g/mol. The Balaban J connectivity index is 2.14. The molecule has 1 aromatic carbocycles. The van der Waals surface area contributed by atoms with E-state index in [4.69, 9.17) is 4.74 Å². The van der Waals surface area contributed by atoms with E-state index >= 15 is 0 Å². The van der Waals surface area contributed by atoms with Gasteiger partial charge in [-0.3, -0.25) is 0 Å². The van der Waals surface area contributed by atoms with Crippen LogP contribution in [-0.4, -0.2) is 23.9 Å². The maximum atomic E-state index is 10.1. The number of benzene rings is 1. The molecule has 3 heteroatoms. The van der Waals surface area contributed by atoms with E-state index in [0.29, 0.717) is 19.1 Å². The first-order valence-electron chi connectivity index (χ1n) is 8.27. The van der Waals surface area contributed by atoms with E-state index in [0.717, 1.165) is 25.1 Å². The molecule has 0 bridgehead atoms. The van der Waals surface area contributed by atoms with E-state index in [9.17, 15) is 5.11 Å². The van der Waals surface area contributed by atoms with Gasteiger partial charge in [-0.2, -0.15) is 0 Å². The van der Waals surface area contributed by atoms with Gasteiger partial charge in [0.15, 0.2) is 0 Å². The van der Waals surface area contributed by atoms with Crippen LogP contribution in [-0.2, 0) is 6.42 Å². The molecular formula is C18H29NO2. The first kappa shape index (κ1) is 16.3. The van der Waals surface area contributed by atoms with Crippen LogP contribution in [0.4, 0.5) is 0 Å². The molecule has 2 unspecified atom stereocenters. The lowest BCUT2D eigenvalue weighted by Crippen LogP contribution is -2.32. The second kappa shape index (κ2) is 7.28. The summed E-state index contributed by atoms with van der Waals surface area (Å²) in [4.78, 5) is 0. The number of nitrogens with one attached hydrogen (secondary N) is 1. The predicted molar refractivity (Wildman–Crippen MR) is 86.8 cm³/mol. The van der Waals surface area contributed by atoms with Crippen LogP contribution in [0.5, 0.6) is 5.75 Å². The van der Waals surface area contributed by atoms with Crippen molar-refractivity contribution in [2.45, 2.75) is 64.5 Å². The summed E-state index contributed by atoms with van der Waals surface area (Å²) in [6.45, 7) is 7.42. The Kier molecular flexibility index (Phi) is 5.65. The summed E-state index contributed by atoms with van der Waals surface area (Å²) in [5.41, 5.74) is 1.95. The van der Waals surface area contributed by atoms with Gasteiger partial charge in [-0.25, -0.2) is 0 Å². The quantitative estimate of drug-likeness (QED) is 0.806. The van der Waals surface area contributed by atoms with Gasteiger partial charge in [0.05, 0.1) is 5.60 Å². The number of rotatable bonds is 7. The molecule has 0 aliphatic heterocycles. The van der Waals surface area contributed by atoms with Crippen molar-refractivity contribution in [1.29, 1.82) is 0 Å². The zero-order valence-electron chi connectivity index (χ0n) is 13.6. The fourth-order valence-electron chi connectivity index (χ4n) is 2.82. The lowest BCUT2D eigenvalue weighted by Gasteiger charge is -2.29. The van der Waals surface area contributed by atoms with Crippen molar-refractivity contribution in [2.75, 3.05) is 13.2 Å². The van der Waals surface area contributed by atoms with E-state index in [2.05, 4.69) is 24.4 Å². The average Bonchev–Trinajstić information content (AvgIpc) is 2.51. The van der Waals surface area contributed by atoms with Crippen LogP contribution in [0.15, 0.2) is 18.2 Å². The molecule has 0 aromatic heterocycles. The van der Waals surface area contributed by atoms with Crippen LogP contribution in [0, 0.1) is 0 Å². The molecule has 0 radical (unpaired) electrons. The van der Waals surface area contributed by atoms with Gasteiger partial charge >= 0.3 is 0 Å². The van der Waals surface area contributed by atoms with Crippen molar-refractivity contribution in [3.05, 3.63) is 29.3 Å². The van der Waals surface area contributed by atoms with Crippen molar-refractivity contribution in [1.82, 2.24) is 5.32 Å². The molecular weight excluding hydrogens is 262 g/mol. The normalized spacial score (nSPS) is 20.7. The summed E-state index contributed by atoms with van der Waals surface area (Å²) < 4.78 is 5.94. The highest BCUT2D eigenvalue weighted by molar-refractivity contribution is 5.43. The molecule has 0 saturated heterocycles. The number of aliphatic hydroxyl groups is 1. The Morgan fingerprint density at radius 3 is 2.90 bits per heavy atom. The third kappa shape index (κ3) is 4.21. The fraction of sp³-hybridized carbons (Fsp3) is 0.667. The van der Waals surface area contributed by atoms with Crippen LogP contribution in [0.25, 0.3) is 0 Å². The Labute approximate surface area is 128 Å². The highest BCUT2D eigenvalue weighted by Gasteiger charge is 2.24. The van der Waals surface area contributed by atoms with E-state index < -0.39 is 5.60 Å². The van der Waals surface area contributed by atoms with E-state index in [-0.39, 0.29) is 0 Å². The fourth-order valence-corrected chi connectivity index (χ4v) is 2.82. The summed E-state index contributed by atoms with van der Waals surface area (Å²) in [5, 5.41) is 13.8. The van der Waals surface area contributed by atoms with E-state index in [1.54, 1.807) is 0 Å². The van der Waals surface area contributed by atoms with Gasteiger partial charge in [0, 0.05) is 6.04 Å². The van der Waals surface area contributed by atoms with Gasteiger partial charge in [0.2, 0.25) is 0 Å². The summed E-state index contributed by atoms with van der Waals surface area (Å²) >= 11 is 0. The molecule has 1 aliphatic rings. The van der Waals surface area contributed by atoms with Crippen molar-refractivity contribution in [3.8, 4) is 5.75 Å². The summed E-state index contributed by atoms with van der Waals surface area (Å²) in [6.07, 6.45) is 5.32. The monoisotopic (exact) mass is 291 g/mol. The molecule has 0 fully saturated rings. The summed E-state index contributed by atoms with van der Waals surface area (Å²) in [5.74, 6) is 0.948. The van der Waals surface area contributed by atoms with Crippen LogP contribution in [0.3, 0.4) is 0 Å². The Morgan fingerprint density at radius 2 is 2.19 bits per heavy atom. The van der Waals surface area contributed by atoms with Gasteiger partial charge in [0.25, 0.3) is 0 Å². The Hall–Kier alpha value is -1.06.